The maximum Gasteiger partial charge on any atom is 0.379 e. The molecule has 94 valence electrons. The molecule has 0 fully saturated rings. The largest absolute Gasteiger partial charge is 0.475 e. The van der Waals surface area contributed by atoms with Crippen molar-refractivity contribution in [3.05, 3.63) is 5.69 Å². The number of hydrogen-bond donors (Lipinski definition) is 2. The number of aromatic nitrogens is 1. The predicted molar refractivity (Wildman–Crippen MR) is 60.8 cm³/mol. The summed E-state index contributed by atoms with van der Waals surface area (Å²) in [6.45, 7) is 2.90. The lowest BCUT2D eigenvalue weighted by molar-refractivity contribution is -0.131. The lowest BCUT2D eigenvalue weighted by Crippen LogP contribution is -2.16. The van der Waals surface area contributed by atoms with Gasteiger partial charge in [0, 0.05) is 0 Å². The molecule has 17 heavy (non-hydrogen) atoms. The van der Waals surface area contributed by atoms with E-state index >= 15 is 0 Å². The molecule has 1 aromatic rings. The smallest absolute Gasteiger partial charge is 0.379 e. The van der Waals surface area contributed by atoms with Gasteiger partial charge in [-0.3, -0.25) is 4.79 Å². The fourth-order valence-corrected chi connectivity index (χ4v) is 3.39. The molecule has 0 bridgehead atoms. The first-order chi connectivity index (χ1) is 7.67. The van der Waals surface area contributed by atoms with E-state index in [1.807, 2.05) is 0 Å². The first kappa shape index (κ1) is 13.6. The van der Waals surface area contributed by atoms with Crippen molar-refractivity contribution in [3.63, 3.8) is 0 Å². The van der Waals surface area contributed by atoms with Crippen LogP contribution in [0.4, 0.5) is 5.00 Å². The van der Waals surface area contributed by atoms with Crippen molar-refractivity contribution in [1.29, 1.82) is 0 Å². The number of nitrogens with zero attached hydrogens (tertiary/aromatic N) is 1. The van der Waals surface area contributed by atoms with E-state index in [1.165, 1.54) is 13.8 Å². The zero-order valence-corrected chi connectivity index (χ0v) is 10.6. The quantitative estimate of drug-likeness (QED) is 0.593. The average Bonchev–Trinajstić information content (AvgIpc) is 2.59. The number of rotatable bonds is 4. The Bertz CT molecular complexity index is 573. The van der Waals surface area contributed by atoms with Gasteiger partial charge in [-0.15, -0.1) is 0 Å². The van der Waals surface area contributed by atoms with Gasteiger partial charge in [0.1, 0.15) is 5.00 Å². The molecule has 1 rings (SSSR count). The van der Waals surface area contributed by atoms with Gasteiger partial charge in [-0.2, -0.15) is 0 Å². The molecule has 0 aliphatic heterocycles. The van der Waals surface area contributed by atoms with Crippen LogP contribution in [0.25, 0.3) is 0 Å². The number of ketones is 1. The average molecular weight is 278 g/mol. The number of thiazole rings is 1. The van der Waals surface area contributed by atoms with Crippen LogP contribution in [0.3, 0.4) is 0 Å². The van der Waals surface area contributed by atoms with Crippen molar-refractivity contribution in [3.8, 4) is 0 Å². The highest BCUT2D eigenvalue weighted by molar-refractivity contribution is 7.94. The van der Waals surface area contributed by atoms with Crippen LogP contribution in [0.2, 0.25) is 0 Å². The summed E-state index contributed by atoms with van der Waals surface area (Å²) >= 11 is 0.590. The van der Waals surface area contributed by atoms with E-state index in [0.29, 0.717) is 11.3 Å². The van der Waals surface area contributed by atoms with Gasteiger partial charge in [0.2, 0.25) is 14.2 Å². The summed E-state index contributed by atoms with van der Waals surface area (Å²) in [5.41, 5.74) is 4.86. The molecule has 0 aliphatic carbocycles. The highest BCUT2D eigenvalue weighted by Gasteiger charge is 2.29. The molecule has 0 aliphatic rings. The van der Waals surface area contributed by atoms with Crippen LogP contribution in [0.15, 0.2) is 4.34 Å². The number of nitrogens with two attached hydrogens (primary N) is 1. The van der Waals surface area contributed by atoms with E-state index in [-0.39, 0.29) is 9.34 Å². The highest BCUT2D eigenvalue weighted by Crippen LogP contribution is 2.27. The first-order valence-corrected chi connectivity index (χ1v) is 6.82. The van der Waals surface area contributed by atoms with E-state index in [2.05, 4.69) is 4.98 Å². The molecule has 7 nitrogen and oxygen atoms in total. The molecule has 9 heteroatoms. The van der Waals surface area contributed by atoms with Crippen LogP contribution in [0.1, 0.15) is 24.3 Å². The molecule has 0 radical (unpaired) electrons. The zero-order valence-electron chi connectivity index (χ0n) is 9.00. The molecule has 0 saturated carbocycles. The van der Waals surface area contributed by atoms with Gasteiger partial charge in [0.25, 0.3) is 5.78 Å². The number of carbonyl (C=O) groups is 2. The molecule has 1 heterocycles. The monoisotopic (exact) mass is 278 g/mol. The molecule has 0 saturated heterocycles. The van der Waals surface area contributed by atoms with Gasteiger partial charge < -0.3 is 10.8 Å². The number of carbonyl (C=O) groups excluding carboxylic acids is 1. The van der Waals surface area contributed by atoms with Gasteiger partial charge in [0.05, 0.1) is 5.25 Å². The number of Topliss-reactive ketones (excluding diaryl/α,β-unsaturated/α-hetero) is 1. The van der Waals surface area contributed by atoms with Crippen molar-refractivity contribution in [2.24, 2.45) is 0 Å². The number of nitrogen functional groups attached to an aromatic ring is 1. The Morgan fingerprint density at radius 3 is 2.35 bits per heavy atom. The van der Waals surface area contributed by atoms with Crippen molar-refractivity contribution < 1.29 is 23.1 Å². The number of sulfone groups is 1. The predicted octanol–water partition coefficient (Wildman–Crippen LogP) is 0.175. The summed E-state index contributed by atoms with van der Waals surface area (Å²) in [5, 5.41) is 7.56. The third-order valence-electron chi connectivity index (χ3n) is 1.91. The van der Waals surface area contributed by atoms with Crippen molar-refractivity contribution >= 4 is 37.9 Å². The second kappa shape index (κ2) is 4.41. The Morgan fingerprint density at radius 1 is 1.41 bits per heavy atom. The minimum Gasteiger partial charge on any atom is -0.475 e. The van der Waals surface area contributed by atoms with Crippen LogP contribution in [-0.2, 0) is 14.6 Å². The summed E-state index contributed by atoms with van der Waals surface area (Å²) in [4.78, 5) is 25.1. The Morgan fingerprint density at radius 2 is 1.94 bits per heavy atom. The second-order valence-corrected chi connectivity index (χ2v) is 7.13. The SMILES string of the molecule is CC(C)S(=O)(=O)c1nc(C(=O)C(=O)O)c(N)s1. The van der Waals surface area contributed by atoms with Crippen molar-refractivity contribution in [1.82, 2.24) is 4.98 Å². The minimum absolute atomic E-state index is 0.211. The topological polar surface area (TPSA) is 127 Å². The van der Waals surface area contributed by atoms with Crippen LogP contribution >= 0.6 is 11.3 Å². The summed E-state index contributed by atoms with van der Waals surface area (Å²) in [5.74, 6) is -3.04. The number of aliphatic carboxylic acids is 1. The molecule has 0 amide bonds. The maximum atomic E-state index is 11.7. The summed E-state index contributed by atoms with van der Waals surface area (Å²) in [7, 11) is -3.66. The Hall–Kier alpha value is -1.48. The lowest BCUT2D eigenvalue weighted by Gasteiger charge is -2.02. The molecule has 3 N–H and O–H groups in total. The Kier molecular flexibility index (Phi) is 3.53. The van der Waals surface area contributed by atoms with E-state index in [9.17, 15) is 18.0 Å². The molecule has 1 aromatic heterocycles. The summed E-state index contributed by atoms with van der Waals surface area (Å²) < 4.78 is 23.1. The molecule has 0 atom stereocenters. The third kappa shape index (κ3) is 2.44. The zero-order chi connectivity index (χ0) is 13.4. The van der Waals surface area contributed by atoms with E-state index in [4.69, 9.17) is 10.8 Å². The molecule has 0 aromatic carbocycles. The van der Waals surface area contributed by atoms with Gasteiger partial charge in [-0.05, 0) is 13.8 Å². The van der Waals surface area contributed by atoms with Crippen molar-refractivity contribution in [2.75, 3.05) is 5.73 Å². The van der Waals surface area contributed by atoms with Crippen LogP contribution in [-0.4, -0.2) is 35.5 Å². The number of hydrogen-bond acceptors (Lipinski definition) is 7. The van der Waals surface area contributed by atoms with Gasteiger partial charge in [-0.25, -0.2) is 18.2 Å². The fraction of sp³-hybridized carbons (Fsp3) is 0.375. The van der Waals surface area contributed by atoms with Crippen molar-refractivity contribution in [2.45, 2.75) is 23.4 Å². The maximum absolute atomic E-state index is 11.7. The van der Waals surface area contributed by atoms with E-state index < -0.39 is 32.5 Å². The number of carboxylic acid groups (broad SMARTS) is 1. The number of carboxylic acids is 1. The van der Waals surface area contributed by atoms with Crippen LogP contribution in [0.5, 0.6) is 0 Å². The summed E-state index contributed by atoms with van der Waals surface area (Å²) in [6, 6.07) is 0. The number of anilines is 1. The van der Waals surface area contributed by atoms with Crippen LogP contribution < -0.4 is 5.73 Å². The van der Waals surface area contributed by atoms with E-state index in [1.54, 1.807) is 0 Å². The molecule has 0 unspecified atom stereocenters. The standard InChI is InChI=1S/C8H10N2O5S2/c1-3(2)17(14,15)8-10-4(6(9)16-8)5(11)7(12)13/h3H,9H2,1-2H3,(H,12,13). The minimum atomic E-state index is -3.66. The fourth-order valence-electron chi connectivity index (χ4n) is 0.899. The van der Waals surface area contributed by atoms with Gasteiger partial charge in [-0.1, -0.05) is 11.3 Å². The normalized spacial score (nSPS) is 11.7. The molecular formula is C8H10N2O5S2. The third-order valence-corrected chi connectivity index (χ3v) is 5.35. The summed E-state index contributed by atoms with van der Waals surface area (Å²) in [6.07, 6.45) is 0. The van der Waals surface area contributed by atoms with Gasteiger partial charge in [0.15, 0.2) is 5.69 Å². The van der Waals surface area contributed by atoms with E-state index in [0.717, 1.165) is 0 Å². The first-order valence-electron chi connectivity index (χ1n) is 4.45. The van der Waals surface area contributed by atoms with Gasteiger partial charge >= 0.3 is 5.97 Å². The Labute approximate surface area is 101 Å². The Balaban J connectivity index is 3.32. The lowest BCUT2D eigenvalue weighted by atomic mass is 10.3. The molecule has 0 spiro atoms. The molecular weight excluding hydrogens is 268 g/mol. The van der Waals surface area contributed by atoms with Crippen LogP contribution in [0, 0.1) is 0 Å². The second-order valence-electron chi connectivity index (χ2n) is 3.42. The highest BCUT2D eigenvalue weighted by atomic mass is 32.2.